The molecule has 104 valence electrons. The molecule has 1 aromatic carbocycles. The van der Waals surface area contributed by atoms with E-state index in [2.05, 4.69) is 11.4 Å². The normalized spacial score (nSPS) is 37.7. The largest absolute Gasteiger partial charge is 0.381 e. The summed E-state index contributed by atoms with van der Waals surface area (Å²) >= 11 is 6.31. The predicted octanol–water partition coefficient (Wildman–Crippen LogP) is 4.45. The van der Waals surface area contributed by atoms with E-state index in [-0.39, 0.29) is 0 Å². The summed E-state index contributed by atoms with van der Waals surface area (Å²) in [7, 11) is 0. The molecule has 4 saturated carbocycles. The van der Waals surface area contributed by atoms with Crippen LogP contribution >= 0.6 is 11.6 Å². The molecule has 0 radical (unpaired) electrons. The molecule has 0 aromatic heterocycles. The zero-order valence-electron chi connectivity index (χ0n) is 11.5. The number of nitrogens with zero attached hydrogens (tertiary/aromatic N) is 1. The van der Waals surface area contributed by atoms with Crippen LogP contribution in [0.4, 0.5) is 5.69 Å². The topological polar surface area (TPSA) is 35.8 Å². The van der Waals surface area contributed by atoms with Crippen molar-refractivity contribution >= 4 is 17.3 Å². The van der Waals surface area contributed by atoms with Crippen molar-refractivity contribution in [1.29, 1.82) is 5.26 Å². The highest BCUT2D eigenvalue weighted by atomic mass is 35.5. The number of anilines is 1. The highest BCUT2D eigenvalue weighted by Crippen LogP contribution is 2.54. The quantitative estimate of drug-likeness (QED) is 0.872. The Labute approximate surface area is 125 Å². The molecule has 1 aromatic rings. The molecule has 0 aliphatic heterocycles. The van der Waals surface area contributed by atoms with Gasteiger partial charge < -0.3 is 5.32 Å². The summed E-state index contributed by atoms with van der Waals surface area (Å²) in [6, 6.07) is 8.31. The number of halogens is 1. The minimum atomic E-state index is 0.591. The molecule has 4 fully saturated rings. The maximum Gasteiger partial charge on any atom is 0.0992 e. The fourth-order valence-corrected chi connectivity index (χ4v) is 5.28. The minimum Gasteiger partial charge on any atom is -0.381 e. The fourth-order valence-electron chi connectivity index (χ4n) is 5.04. The van der Waals surface area contributed by atoms with Gasteiger partial charge in [0.25, 0.3) is 0 Å². The van der Waals surface area contributed by atoms with Crippen LogP contribution in [0.1, 0.15) is 37.7 Å². The second kappa shape index (κ2) is 4.67. The lowest BCUT2D eigenvalue weighted by atomic mass is 9.54. The molecule has 0 unspecified atom stereocenters. The van der Waals surface area contributed by atoms with E-state index >= 15 is 0 Å². The van der Waals surface area contributed by atoms with Gasteiger partial charge in [0.05, 0.1) is 22.3 Å². The summed E-state index contributed by atoms with van der Waals surface area (Å²) in [5, 5.41) is 13.3. The first-order valence-corrected chi connectivity index (χ1v) is 8.07. The molecular weight excluding hydrogens is 268 g/mol. The molecule has 1 N–H and O–H groups in total. The Bertz CT molecular complexity index is 547. The number of nitriles is 1. The van der Waals surface area contributed by atoms with Crippen LogP contribution in [0.2, 0.25) is 5.02 Å². The highest BCUT2D eigenvalue weighted by molar-refractivity contribution is 6.33. The third-order valence-electron chi connectivity index (χ3n) is 5.65. The summed E-state index contributed by atoms with van der Waals surface area (Å²) in [6.07, 6.45) is 7.09. The van der Waals surface area contributed by atoms with Crippen molar-refractivity contribution in [2.75, 3.05) is 5.32 Å². The van der Waals surface area contributed by atoms with Crippen molar-refractivity contribution < 1.29 is 0 Å². The molecule has 20 heavy (non-hydrogen) atoms. The lowest BCUT2D eigenvalue weighted by Gasteiger charge is -2.54. The number of hydrogen-bond donors (Lipinski definition) is 1. The van der Waals surface area contributed by atoms with Crippen molar-refractivity contribution in [3.8, 4) is 6.07 Å². The monoisotopic (exact) mass is 286 g/mol. The van der Waals surface area contributed by atoms with E-state index in [1.54, 1.807) is 6.07 Å². The van der Waals surface area contributed by atoms with E-state index < -0.39 is 0 Å². The standard InChI is InChI=1S/C17H19ClN2/c18-15-8-10(9-19)1-2-16(15)20-17-13-4-11-3-12(6-13)7-14(17)5-11/h1-2,8,11-14,17,20H,3-7H2. The van der Waals surface area contributed by atoms with Gasteiger partial charge in [0.15, 0.2) is 0 Å². The molecule has 3 heteroatoms. The van der Waals surface area contributed by atoms with Crippen LogP contribution in [0.15, 0.2) is 18.2 Å². The van der Waals surface area contributed by atoms with Crippen LogP contribution in [0, 0.1) is 35.0 Å². The minimum absolute atomic E-state index is 0.591. The maximum absolute atomic E-state index is 8.91. The van der Waals surface area contributed by atoms with E-state index in [1.807, 2.05) is 12.1 Å². The van der Waals surface area contributed by atoms with Crippen LogP contribution in [0.25, 0.3) is 0 Å². The maximum atomic E-state index is 8.91. The van der Waals surface area contributed by atoms with Gasteiger partial charge in [0.2, 0.25) is 0 Å². The van der Waals surface area contributed by atoms with E-state index in [0.717, 1.165) is 29.4 Å². The van der Waals surface area contributed by atoms with Gasteiger partial charge in [-0.1, -0.05) is 11.6 Å². The van der Waals surface area contributed by atoms with Gasteiger partial charge in [-0.2, -0.15) is 5.26 Å². The Morgan fingerprint density at radius 3 is 2.25 bits per heavy atom. The summed E-state index contributed by atoms with van der Waals surface area (Å²) in [5.74, 6) is 3.65. The van der Waals surface area contributed by atoms with Crippen LogP contribution in [0.3, 0.4) is 0 Å². The molecule has 0 heterocycles. The molecule has 0 spiro atoms. The number of nitrogens with one attached hydrogen (secondary N) is 1. The molecule has 0 atom stereocenters. The zero-order chi connectivity index (χ0) is 13.7. The van der Waals surface area contributed by atoms with Gasteiger partial charge in [0.1, 0.15) is 0 Å². The third kappa shape index (κ3) is 2.00. The fraction of sp³-hybridized carbons (Fsp3) is 0.588. The van der Waals surface area contributed by atoms with Crippen LogP contribution in [-0.2, 0) is 0 Å². The molecular formula is C17H19ClN2. The van der Waals surface area contributed by atoms with Crippen molar-refractivity contribution in [2.45, 2.75) is 38.1 Å². The van der Waals surface area contributed by atoms with Gasteiger partial charge in [-0.25, -0.2) is 0 Å². The van der Waals surface area contributed by atoms with Gasteiger partial charge >= 0.3 is 0 Å². The Balaban J connectivity index is 1.56. The second-order valence-electron chi connectivity index (χ2n) is 6.91. The molecule has 4 bridgehead atoms. The van der Waals surface area contributed by atoms with E-state index in [4.69, 9.17) is 16.9 Å². The summed E-state index contributed by atoms with van der Waals surface area (Å²) in [4.78, 5) is 0. The van der Waals surface area contributed by atoms with Gasteiger partial charge in [0, 0.05) is 6.04 Å². The van der Waals surface area contributed by atoms with E-state index in [9.17, 15) is 0 Å². The summed E-state index contributed by atoms with van der Waals surface area (Å²) in [6.45, 7) is 0. The average Bonchev–Trinajstić information content (AvgIpc) is 2.43. The van der Waals surface area contributed by atoms with Crippen molar-refractivity contribution in [2.24, 2.45) is 23.7 Å². The predicted molar refractivity (Wildman–Crippen MR) is 80.6 cm³/mol. The lowest BCUT2D eigenvalue weighted by Crippen LogP contribution is -2.51. The summed E-state index contributed by atoms with van der Waals surface area (Å²) < 4.78 is 0. The highest BCUT2D eigenvalue weighted by Gasteiger charge is 2.48. The van der Waals surface area contributed by atoms with E-state index in [0.29, 0.717) is 16.6 Å². The lowest BCUT2D eigenvalue weighted by molar-refractivity contribution is 0.00754. The second-order valence-corrected chi connectivity index (χ2v) is 7.31. The first-order valence-electron chi connectivity index (χ1n) is 7.69. The molecule has 4 aliphatic carbocycles. The molecule has 0 amide bonds. The SMILES string of the molecule is N#Cc1ccc(NC2C3CC4CC(C3)CC2C4)c(Cl)c1. The molecule has 2 nitrogen and oxygen atoms in total. The van der Waals surface area contributed by atoms with Crippen molar-refractivity contribution in [3.63, 3.8) is 0 Å². The first-order chi connectivity index (χ1) is 9.72. The Hall–Kier alpha value is -1.20. The van der Waals surface area contributed by atoms with Gasteiger partial charge in [-0.05, 0) is 74.0 Å². The van der Waals surface area contributed by atoms with Gasteiger partial charge in [-0.3, -0.25) is 0 Å². The molecule has 4 aliphatic rings. The van der Waals surface area contributed by atoms with Crippen LogP contribution in [-0.4, -0.2) is 6.04 Å². The molecule has 0 saturated heterocycles. The third-order valence-corrected chi connectivity index (χ3v) is 5.96. The average molecular weight is 287 g/mol. The van der Waals surface area contributed by atoms with Gasteiger partial charge in [-0.15, -0.1) is 0 Å². The summed E-state index contributed by atoms with van der Waals surface area (Å²) in [5.41, 5.74) is 1.63. The van der Waals surface area contributed by atoms with Crippen molar-refractivity contribution in [3.05, 3.63) is 28.8 Å². The van der Waals surface area contributed by atoms with Crippen molar-refractivity contribution in [1.82, 2.24) is 0 Å². The van der Waals surface area contributed by atoms with Crippen LogP contribution < -0.4 is 5.32 Å². The molecule has 5 rings (SSSR count). The Morgan fingerprint density at radius 1 is 1.05 bits per heavy atom. The number of hydrogen-bond acceptors (Lipinski definition) is 2. The number of rotatable bonds is 2. The number of benzene rings is 1. The Morgan fingerprint density at radius 2 is 1.70 bits per heavy atom. The zero-order valence-corrected chi connectivity index (χ0v) is 12.2. The van der Waals surface area contributed by atoms with Crippen LogP contribution in [0.5, 0.6) is 0 Å². The Kier molecular flexibility index (Phi) is 2.93. The van der Waals surface area contributed by atoms with E-state index in [1.165, 1.54) is 32.1 Å². The smallest absolute Gasteiger partial charge is 0.0992 e. The first kappa shape index (κ1) is 12.5.